The van der Waals surface area contributed by atoms with Gasteiger partial charge in [0.1, 0.15) is 5.82 Å². The van der Waals surface area contributed by atoms with Crippen LogP contribution in [-0.2, 0) is 0 Å². The van der Waals surface area contributed by atoms with Gasteiger partial charge in [-0.25, -0.2) is 4.39 Å². The summed E-state index contributed by atoms with van der Waals surface area (Å²) in [6.07, 6.45) is 0.106. The zero-order valence-corrected chi connectivity index (χ0v) is 10.5. The molecule has 3 rings (SSSR count). The zero-order valence-electron chi connectivity index (χ0n) is 10.5. The lowest BCUT2D eigenvalue weighted by Gasteiger charge is -2.22. The number of β-amino-alcohol motifs (C(OH)–C–C–N with tert-alkyl or cyclic N) is 1. The first kappa shape index (κ1) is 12.1. The molecule has 5 nitrogen and oxygen atoms in total. The summed E-state index contributed by atoms with van der Waals surface area (Å²) in [5.41, 5.74) is 0.925. The lowest BCUT2D eigenvalue weighted by atomic mass is 10.0. The molecular formula is C13H14FN3O2. The van der Waals surface area contributed by atoms with Crippen LogP contribution in [0.5, 0.6) is 0 Å². The summed E-state index contributed by atoms with van der Waals surface area (Å²) in [5.74, 6) is 0.205. The summed E-state index contributed by atoms with van der Waals surface area (Å²) in [4.78, 5) is 1.86. The van der Waals surface area contributed by atoms with Gasteiger partial charge < -0.3 is 14.4 Å². The molecule has 100 valence electrons. The first-order valence-corrected chi connectivity index (χ1v) is 6.14. The van der Waals surface area contributed by atoms with Crippen molar-refractivity contribution < 1.29 is 13.9 Å². The van der Waals surface area contributed by atoms with Crippen molar-refractivity contribution in [2.45, 2.75) is 25.5 Å². The van der Waals surface area contributed by atoms with Crippen LogP contribution in [-0.4, -0.2) is 28.0 Å². The molecule has 2 heterocycles. The molecule has 0 bridgehead atoms. The summed E-state index contributed by atoms with van der Waals surface area (Å²) < 4.78 is 18.4. The molecule has 0 radical (unpaired) electrons. The maximum atomic E-state index is 13.0. The Morgan fingerprint density at radius 1 is 1.32 bits per heavy atom. The third-order valence-corrected chi connectivity index (χ3v) is 3.29. The van der Waals surface area contributed by atoms with Gasteiger partial charge in [-0.3, -0.25) is 0 Å². The number of aliphatic hydroxyl groups is 1. The lowest BCUT2D eigenvalue weighted by Crippen LogP contribution is -2.24. The molecule has 1 aliphatic rings. The number of benzene rings is 1. The molecule has 19 heavy (non-hydrogen) atoms. The Bertz CT molecular complexity index is 570. The number of aliphatic hydroxyl groups excluding tert-OH is 1. The van der Waals surface area contributed by atoms with Crippen LogP contribution in [0, 0.1) is 12.7 Å². The fourth-order valence-electron chi connectivity index (χ4n) is 2.43. The van der Waals surface area contributed by atoms with Crippen molar-refractivity contribution in [1.82, 2.24) is 10.2 Å². The Hall–Kier alpha value is -1.95. The number of aromatic nitrogens is 2. The van der Waals surface area contributed by atoms with Gasteiger partial charge in [0, 0.05) is 13.5 Å². The van der Waals surface area contributed by atoms with E-state index in [9.17, 15) is 9.50 Å². The third kappa shape index (κ3) is 2.31. The van der Waals surface area contributed by atoms with E-state index in [0.29, 0.717) is 24.9 Å². The molecular weight excluding hydrogens is 249 g/mol. The van der Waals surface area contributed by atoms with Crippen molar-refractivity contribution in [2.24, 2.45) is 0 Å². The number of aryl methyl sites for hydroxylation is 1. The fourth-order valence-corrected chi connectivity index (χ4v) is 2.43. The molecule has 0 aliphatic carbocycles. The molecule has 1 fully saturated rings. The van der Waals surface area contributed by atoms with Crippen molar-refractivity contribution in [3.05, 3.63) is 41.5 Å². The number of hydrogen-bond acceptors (Lipinski definition) is 5. The van der Waals surface area contributed by atoms with Gasteiger partial charge in [0.25, 0.3) is 0 Å². The van der Waals surface area contributed by atoms with Crippen LogP contribution >= 0.6 is 0 Å². The number of nitrogens with zero attached hydrogens (tertiary/aromatic N) is 3. The van der Waals surface area contributed by atoms with Crippen LogP contribution in [0.3, 0.4) is 0 Å². The normalized spacial score (nSPS) is 23.0. The quantitative estimate of drug-likeness (QED) is 0.895. The summed E-state index contributed by atoms with van der Waals surface area (Å²) in [6, 6.07) is 6.58. The Labute approximate surface area is 109 Å². The van der Waals surface area contributed by atoms with E-state index in [2.05, 4.69) is 10.2 Å². The highest BCUT2D eigenvalue weighted by atomic mass is 19.1. The van der Waals surface area contributed by atoms with Crippen LogP contribution in [0.4, 0.5) is 10.4 Å². The molecule has 1 aliphatic heterocycles. The van der Waals surface area contributed by atoms with E-state index in [1.54, 1.807) is 19.1 Å². The van der Waals surface area contributed by atoms with E-state index in [0.717, 1.165) is 5.56 Å². The standard InChI is InChI=1S/C13H14FN3O2/c1-8-15-16-13(19-8)17-7-11(18)6-12(17)9-2-4-10(14)5-3-9/h2-5,11-12,18H,6-7H2,1H3/t11-,12-/m1/s1. The second kappa shape index (κ2) is 4.62. The summed E-state index contributed by atoms with van der Waals surface area (Å²) in [6.45, 7) is 2.15. The first-order chi connectivity index (χ1) is 9.13. The average molecular weight is 263 g/mol. The van der Waals surface area contributed by atoms with Crippen molar-refractivity contribution in [2.75, 3.05) is 11.4 Å². The van der Waals surface area contributed by atoms with E-state index >= 15 is 0 Å². The Balaban J connectivity index is 1.92. The highest BCUT2D eigenvalue weighted by Crippen LogP contribution is 2.35. The van der Waals surface area contributed by atoms with E-state index in [1.807, 2.05) is 4.90 Å². The van der Waals surface area contributed by atoms with Crippen molar-refractivity contribution in [1.29, 1.82) is 0 Å². The largest absolute Gasteiger partial charge is 0.408 e. The summed E-state index contributed by atoms with van der Waals surface area (Å²) in [5, 5.41) is 17.6. The fraction of sp³-hybridized carbons (Fsp3) is 0.385. The maximum absolute atomic E-state index is 13.0. The van der Waals surface area contributed by atoms with Crippen molar-refractivity contribution in [3.63, 3.8) is 0 Å². The zero-order chi connectivity index (χ0) is 13.4. The van der Waals surface area contributed by atoms with Gasteiger partial charge >= 0.3 is 6.01 Å². The van der Waals surface area contributed by atoms with Gasteiger partial charge in [-0.15, -0.1) is 5.10 Å². The van der Waals surface area contributed by atoms with E-state index in [4.69, 9.17) is 4.42 Å². The molecule has 0 unspecified atom stereocenters. The molecule has 0 amide bonds. The number of anilines is 1. The van der Waals surface area contributed by atoms with Crippen LogP contribution in [0.2, 0.25) is 0 Å². The van der Waals surface area contributed by atoms with Gasteiger partial charge in [0.2, 0.25) is 5.89 Å². The third-order valence-electron chi connectivity index (χ3n) is 3.29. The molecule has 1 aromatic carbocycles. The predicted octanol–water partition coefficient (Wildman–Crippen LogP) is 1.83. The van der Waals surface area contributed by atoms with Crippen LogP contribution in [0.25, 0.3) is 0 Å². The Kier molecular flexibility index (Phi) is 2.94. The van der Waals surface area contributed by atoms with Gasteiger partial charge in [-0.1, -0.05) is 17.2 Å². The second-order valence-corrected chi connectivity index (χ2v) is 4.71. The number of hydrogen-bond donors (Lipinski definition) is 1. The molecule has 1 N–H and O–H groups in total. The number of rotatable bonds is 2. The predicted molar refractivity (Wildman–Crippen MR) is 66.1 cm³/mol. The smallest absolute Gasteiger partial charge is 0.318 e. The van der Waals surface area contributed by atoms with Crippen molar-refractivity contribution >= 4 is 6.01 Å². The van der Waals surface area contributed by atoms with Crippen LogP contribution in [0.1, 0.15) is 23.9 Å². The van der Waals surface area contributed by atoms with Crippen LogP contribution in [0.15, 0.2) is 28.7 Å². The first-order valence-electron chi connectivity index (χ1n) is 6.14. The average Bonchev–Trinajstić information content (AvgIpc) is 2.96. The molecule has 0 saturated carbocycles. The van der Waals surface area contributed by atoms with E-state index in [-0.39, 0.29) is 11.9 Å². The van der Waals surface area contributed by atoms with Crippen LogP contribution < -0.4 is 4.90 Å². The van der Waals surface area contributed by atoms with Crippen molar-refractivity contribution in [3.8, 4) is 0 Å². The monoisotopic (exact) mass is 263 g/mol. The minimum Gasteiger partial charge on any atom is -0.408 e. The Morgan fingerprint density at radius 3 is 2.68 bits per heavy atom. The van der Waals surface area contributed by atoms with E-state index in [1.165, 1.54) is 12.1 Å². The van der Waals surface area contributed by atoms with Gasteiger partial charge in [0.05, 0.1) is 12.1 Å². The second-order valence-electron chi connectivity index (χ2n) is 4.71. The molecule has 1 saturated heterocycles. The SMILES string of the molecule is Cc1nnc(N2C[C@H](O)C[C@@H]2c2ccc(F)cc2)o1. The summed E-state index contributed by atoms with van der Waals surface area (Å²) in [7, 11) is 0. The molecule has 2 aromatic rings. The Morgan fingerprint density at radius 2 is 2.05 bits per heavy atom. The number of halogens is 1. The molecule has 1 aromatic heterocycles. The van der Waals surface area contributed by atoms with Gasteiger partial charge in [0.15, 0.2) is 0 Å². The molecule has 2 atom stereocenters. The van der Waals surface area contributed by atoms with E-state index < -0.39 is 6.10 Å². The van der Waals surface area contributed by atoms with Gasteiger partial charge in [-0.2, -0.15) is 0 Å². The summed E-state index contributed by atoms with van der Waals surface area (Å²) >= 11 is 0. The minimum absolute atomic E-state index is 0.0737. The highest BCUT2D eigenvalue weighted by molar-refractivity contribution is 5.36. The van der Waals surface area contributed by atoms with Gasteiger partial charge in [-0.05, 0) is 24.1 Å². The molecule has 6 heteroatoms. The maximum Gasteiger partial charge on any atom is 0.318 e. The highest BCUT2D eigenvalue weighted by Gasteiger charge is 2.35. The lowest BCUT2D eigenvalue weighted by molar-refractivity contribution is 0.194. The molecule has 0 spiro atoms. The topological polar surface area (TPSA) is 62.4 Å². The minimum atomic E-state index is -0.456.